The summed E-state index contributed by atoms with van der Waals surface area (Å²) in [5, 5.41) is 10.3. The summed E-state index contributed by atoms with van der Waals surface area (Å²) in [5.74, 6) is 0. The van der Waals surface area contributed by atoms with Crippen molar-refractivity contribution in [1.29, 1.82) is 0 Å². The third-order valence-corrected chi connectivity index (χ3v) is 12.0. The second kappa shape index (κ2) is 12.6. The van der Waals surface area contributed by atoms with Crippen LogP contribution >= 0.6 is 0 Å². The van der Waals surface area contributed by atoms with E-state index in [1.807, 2.05) is 0 Å². The molecule has 2 aliphatic heterocycles. The first-order valence-electron chi connectivity index (χ1n) is 19.5. The molecule has 2 nitrogen and oxygen atoms in total. The maximum Gasteiger partial charge on any atom is 0.0497 e. The lowest BCUT2D eigenvalue weighted by Gasteiger charge is -2.35. The van der Waals surface area contributed by atoms with Crippen LogP contribution < -0.4 is 9.80 Å². The minimum atomic E-state index is 0.987. The van der Waals surface area contributed by atoms with E-state index in [-0.39, 0.29) is 0 Å². The Hall–Kier alpha value is -6.38. The molecule has 0 N–H and O–H groups in total. The molecule has 0 unspecified atom stereocenters. The van der Waals surface area contributed by atoms with Gasteiger partial charge >= 0.3 is 0 Å². The van der Waals surface area contributed by atoms with Crippen molar-refractivity contribution >= 4 is 65.8 Å². The van der Waals surface area contributed by atoms with Gasteiger partial charge in [0.25, 0.3) is 0 Å². The average molecular weight is 693 g/mol. The van der Waals surface area contributed by atoms with Crippen LogP contribution in [-0.2, 0) is 12.8 Å². The van der Waals surface area contributed by atoms with Crippen molar-refractivity contribution in [3.05, 3.63) is 181 Å². The van der Waals surface area contributed by atoms with Gasteiger partial charge in [-0.3, -0.25) is 0 Å². The molecule has 2 heteroatoms. The lowest BCUT2D eigenvalue weighted by molar-refractivity contribution is 0.768. The third kappa shape index (κ3) is 4.94. The SMILES string of the molecule is c1ccc2c(c1)CCCN2c1cccc2c(-c3ccc4ccccc4c3)c3c(N4CCCc5ccccc54)cccc3c(-c3ccc4ccccc4c3)c12. The molecule has 2 aliphatic rings. The van der Waals surface area contributed by atoms with Crippen LogP contribution in [0.1, 0.15) is 24.0 Å². The monoisotopic (exact) mass is 692 g/mol. The number of anilines is 4. The van der Waals surface area contributed by atoms with Gasteiger partial charge in [0.2, 0.25) is 0 Å². The van der Waals surface area contributed by atoms with Gasteiger partial charge in [0, 0.05) is 46.6 Å². The Labute approximate surface area is 316 Å². The normalized spacial score (nSPS) is 14.1. The zero-order valence-electron chi connectivity index (χ0n) is 30.3. The Bertz CT molecular complexity index is 2720. The predicted octanol–water partition coefficient (Wildman–Crippen LogP) is 13.8. The van der Waals surface area contributed by atoms with E-state index in [4.69, 9.17) is 0 Å². The Balaban J connectivity index is 1.32. The summed E-state index contributed by atoms with van der Waals surface area (Å²) in [6, 6.07) is 63.9. The van der Waals surface area contributed by atoms with E-state index in [0.717, 1.165) is 38.8 Å². The van der Waals surface area contributed by atoms with Crippen molar-refractivity contribution in [3.8, 4) is 22.3 Å². The number of hydrogen-bond donors (Lipinski definition) is 0. The molecule has 54 heavy (non-hydrogen) atoms. The van der Waals surface area contributed by atoms with Crippen molar-refractivity contribution in [2.45, 2.75) is 25.7 Å². The molecule has 2 heterocycles. The van der Waals surface area contributed by atoms with Crippen LogP contribution in [0, 0.1) is 0 Å². The van der Waals surface area contributed by atoms with E-state index in [9.17, 15) is 0 Å². The molecule has 0 aliphatic carbocycles. The van der Waals surface area contributed by atoms with Crippen LogP contribution in [-0.4, -0.2) is 13.1 Å². The molecule has 0 fully saturated rings. The van der Waals surface area contributed by atoms with Gasteiger partial charge in [-0.25, -0.2) is 0 Å². The van der Waals surface area contributed by atoms with Crippen molar-refractivity contribution < 1.29 is 0 Å². The first-order valence-corrected chi connectivity index (χ1v) is 19.5. The van der Waals surface area contributed by atoms with E-state index in [2.05, 4.69) is 180 Å². The van der Waals surface area contributed by atoms with Gasteiger partial charge in [0.05, 0.1) is 0 Å². The molecular weight excluding hydrogens is 653 g/mol. The van der Waals surface area contributed by atoms with Crippen molar-refractivity contribution in [1.82, 2.24) is 0 Å². The largest absolute Gasteiger partial charge is 0.341 e. The minimum absolute atomic E-state index is 0.987. The summed E-state index contributed by atoms with van der Waals surface area (Å²) in [4.78, 5) is 5.21. The van der Waals surface area contributed by atoms with E-state index >= 15 is 0 Å². The van der Waals surface area contributed by atoms with E-state index in [1.54, 1.807) is 0 Å². The van der Waals surface area contributed by atoms with Crippen molar-refractivity contribution in [2.24, 2.45) is 0 Å². The maximum absolute atomic E-state index is 2.60. The molecule has 0 aromatic heterocycles. The molecule has 0 spiro atoms. The van der Waals surface area contributed by atoms with Gasteiger partial charge in [-0.15, -0.1) is 0 Å². The number of nitrogens with zero attached hydrogens (tertiary/aromatic N) is 2. The lowest BCUT2D eigenvalue weighted by Crippen LogP contribution is -2.25. The van der Waals surface area contributed by atoms with Crippen molar-refractivity contribution in [2.75, 3.05) is 22.9 Å². The second-order valence-corrected chi connectivity index (χ2v) is 15.0. The van der Waals surface area contributed by atoms with Crippen LogP contribution in [0.4, 0.5) is 22.7 Å². The smallest absolute Gasteiger partial charge is 0.0497 e. The Morgan fingerprint density at radius 2 is 0.741 bits per heavy atom. The summed E-state index contributed by atoms with van der Waals surface area (Å²) in [6.07, 6.45) is 4.48. The number of fused-ring (bicyclic) bond motifs is 6. The molecule has 0 radical (unpaired) electrons. The first kappa shape index (κ1) is 31.2. The van der Waals surface area contributed by atoms with Gasteiger partial charge in [-0.1, -0.05) is 133 Å². The Kier molecular flexibility index (Phi) is 7.30. The standard InChI is InChI=1S/C52H40N2/c1-3-17-39-33-41(29-27-35(39)13-1)49-43-21-9-26-48(54-32-12-20-38-16-6-8-24-46(38)54)52(43)50(42-30-28-36-14-2-4-18-40(36)34-42)44-22-10-25-47(51(44)49)53-31-11-19-37-15-5-7-23-45(37)53/h1-10,13-18,21-30,33-34H,11-12,19-20,31-32H2. The fourth-order valence-electron chi connectivity index (χ4n) is 9.60. The molecule has 0 bridgehead atoms. The van der Waals surface area contributed by atoms with Gasteiger partial charge in [0.1, 0.15) is 0 Å². The van der Waals surface area contributed by atoms with Gasteiger partial charge in [-0.2, -0.15) is 0 Å². The number of rotatable bonds is 4. The zero-order chi connectivity index (χ0) is 35.6. The van der Waals surface area contributed by atoms with E-state index < -0.39 is 0 Å². The number of para-hydroxylation sites is 2. The molecule has 0 saturated heterocycles. The summed E-state index contributed by atoms with van der Waals surface area (Å²) < 4.78 is 0. The van der Waals surface area contributed by atoms with Crippen LogP contribution in [0.5, 0.6) is 0 Å². The van der Waals surface area contributed by atoms with Crippen molar-refractivity contribution in [3.63, 3.8) is 0 Å². The lowest BCUT2D eigenvalue weighted by atomic mass is 9.83. The highest BCUT2D eigenvalue weighted by molar-refractivity contribution is 6.28. The van der Waals surface area contributed by atoms with E-state index in [1.165, 1.54) is 99.2 Å². The Morgan fingerprint density at radius 1 is 0.333 bits per heavy atom. The van der Waals surface area contributed by atoms with Crippen LogP contribution in [0.3, 0.4) is 0 Å². The average Bonchev–Trinajstić information content (AvgIpc) is 3.24. The number of aryl methyl sites for hydroxylation is 2. The zero-order valence-corrected chi connectivity index (χ0v) is 30.3. The third-order valence-electron chi connectivity index (χ3n) is 12.0. The van der Waals surface area contributed by atoms with Crippen LogP contribution in [0.25, 0.3) is 65.3 Å². The quantitative estimate of drug-likeness (QED) is 0.169. The number of hydrogen-bond acceptors (Lipinski definition) is 2. The summed E-state index contributed by atoms with van der Waals surface area (Å²) in [6.45, 7) is 1.97. The summed E-state index contributed by atoms with van der Waals surface area (Å²) >= 11 is 0. The minimum Gasteiger partial charge on any atom is -0.341 e. The van der Waals surface area contributed by atoms with E-state index in [0.29, 0.717) is 0 Å². The predicted molar refractivity (Wildman–Crippen MR) is 231 cm³/mol. The molecule has 11 rings (SSSR count). The maximum atomic E-state index is 2.60. The molecular formula is C52H40N2. The van der Waals surface area contributed by atoms with Gasteiger partial charge < -0.3 is 9.80 Å². The van der Waals surface area contributed by atoms with Crippen LogP contribution in [0.2, 0.25) is 0 Å². The van der Waals surface area contributed by atoms with Crippen LogP contribution in [0.15, 0.2) is 170 Å². The van der Waals surface area contributed by atoms with Gasteiger partial charge in [0.15, 0.2) is 0 Å². The molecule has 9 aromatic carbocycles. The molecule has 258 valence electrons. The molecule has 0 amide bonds. The highest BCUT2D eigenvalue weighted by atomic mass is 15.2. The number of benzene rings is 9. The first-order chi connectivity index (χ1) is 26.8. The summed E-state index contributed by atoms with van der Waals surface area (Å²) in [7, 11) is 0. The topological polar surface area (TPSA) is 6.48 Å². The molecule has 0 saturated carbocycles. The highest BCUT2D eigenvalue weighted by Crippen LogP contribution is 2.52. The highest BCUT2D eigenvalue weighted by Gasteiger charge is 2.28. The fraction of sp³-hybridized carbons (Fsp3) is 0.115. The molecule has 9 aromatic rings. The van der Waals surface area contributed by atoms with Gasteiger partial charge in [-0.05, 0) is 128 Å². The second-order valence-electron chi connectivity index (χ2n) is 15.0. The fourth-order valence-corrected chi connectivity index (χ4v) is 9.60. The Morgan fingerprint density at radius 3 is 1.22 bits per heavy atom. The molecule has 0 atom stereocenters. The summed E-state index contributed by atoms with van der Waals surface area (Å²) in [5.41, 5.74) is 13.2.